The molecule has 72 heavy (non-hydrogen) atoms. The minimum Gasteiger partial charge on any atom is -0.369 e. The van der Waals surface area contributed by atoms with Crippen LogP contribution in [0.25, 0.3) is 0 Å². The number of terminal acetylenes is 1. The number of allylic oxidation sites excluding steroid dienone is 1. The molecule has 1 aliphatic carbocycles. The molecule has 1 saturated carbocycles. The third-order valence-corrected chi connectivity index (χ3v) is 14.0. The van der Waals surface area contributed by atoms with Crippen LogP contribution in [-0.4, -0.2) is 63.8 Å². The summed E-state index contributed by atoms with van der Waals surface area (Å²) in [5.41, 5.74) is 2.16. The second-order valence-corrected chi connectivity index (χ2v) is 22.1. The summed E-state index contributed by atoms with van der Waals surface area (Å²) in [5, 5.41) is 16.3. The van der Waals surface area contributed by atoms with Gasteiger partial charge in [-0.15, -0.1) is 25.5 Å². The fourth-order valence-corrected chi connectivity index (χ4v) is 8.94. The fraction of sp³-hybridized carbons (Fsp3) is 0.828. The van der Waals surface area contributed by atoms with Gasteiger partial charge in [0.2, 0.25) is 5.91 Å². The number of hydrogen-bond acceptors (Lipinski definition) is 7. The first kappa shape index (κ1) is 83.1. The Kier molecular flexibility index (Phi) is 61.1. The summed E-state index contributed by atoms with van der Waals surface area (Å²) in [6, 6.07) is 0.609. The number of rotatable bonds is 30. The molecule has 8 heteroatoms. The van der Waals surface area contributed by atoms with Gasteiger partial charge < -0.3 is 31.4 Å². The Balaban J connectivity index is -0.000000171. The lowest BCUT2D eigenvalue weighted by molar-refractivity contribution is -0.122. The molecule has 8 nitrogen and oxygen atoms in total. The maximum Gasteiger partial charge on any atom is 0.221 e. The Labute approximate surface area is 453 Å². The van der Waals surface area contributed by atoms with Crippen molar-refractivity contribution in [1.82, 2.24) is 26.6 Å². The van der Waals surface area contributed by atoms with Gasteiger partial charge in [-0.3, -0.25) is 9.59 Å². The summed E-state index contributed by atoms with van der Waals surface area (Å²) in [7, 11) is 5.55. The first-order chi connectivity index (χ1) is 33.7. The second kappa shape index (κ2) is 53.0. The van der Waals surface area contributed by atoms with Crippen LogP contribution in [0.1, 0.15) is 267 Å². The monoisotopic (exact) mass is 1020 g/mol. The van der Waals surface area contributed by atoms with Crippen molar-refractivity contribution < 1.29 is 14.4 Å². The molecule has 0 saturated heterocycles. The number of Topliss-reactive ketones (excluding diaryl/α,β-unsaturated/α-hetero) is 1. The first-order valence-electron chi connectivity index (χ1n) is 29.0. The van der Waals surface area contributed by atoms with Gasteiger partial charge >= 0.3 is 0 Å². The van der Waals surface area contributed by atoms with E-state index < -0.39 is 0 Å². The Bertz CT molecular complexity index is 1310. The van der Waals surface area contributed by atoms with Crippen LogP contribution in [0, 0.1) is 46.3 Å². The largest absolute Gasteiger partial charge is 0.369 e. The number of unbranched alkanes of at least 4 members (excludes halogenated alkanes) is 4. The van der Waals surface area contributed by atoms with Crippen LogP contribution in [0.2, 0.25) is 0 Å². The lowest BCUT2D eigenvalue weighted by Gasteiger charge is -2.41. The Morgan fingerprint density at radius 1 is 0.764 bits per heavy atom. The van der Waals surface area contributed by atoms with E-state index in [-0.39, 0.29) is 28.8 Å². The van der Waals surface area contributed by atoms with Crippen LogP contribution < -0.4 is 26.6 Å². The standard InChI is InChI=1S/C28H57N3O.C12H22O.C7H13N.C5H10.C5H12.C4H9N.C2H6.CH2O/c1-11-14-15-20-28(18-13-3,21-16-19-26(5,6)7)31-23(4)30-24(22-25(32)29-10)27(8,9)17-12-2;1-6-10-11(8(3)9(4)13)12(10,5)7-2;1-4-5-6-7(2)8-3;1-4-5(2)3;1-3-5-4-2;1-3-4-5-2;2*1-2/h24,30-31H,4,11-22H2,1-3,5-10H3,(H,29,32);8,10-11H,6-7H2,1-5H3;1,7-8H,5-6H2,2-3H3;2,4H2,1,3H3;3-5H2,1-2H3;3,5H,1,4H2,2H3;1-2H3;1H2/t;8?,10-,11+,12?;;;;;;/m.0....../s1. The molecule has 7 atom stereocenters. The van der Waals surface area contributed by atoms with Crippen LogP contribution in [0.5, 0.6) is 0 Å². The van der Waals surface area contributed by atoms with Crippen LogP contribution in [0.15, 0.2) is 37.2 Å². The smallest absolute Gasteiger partial charge is 0.221 e. The molecule has 0 radical (unpaired) electrons. The van der Waals surface area contributed by atoms with Crippen molar-refractivity contribution in [2.24, 2.45) is 34.0 Å². The summed E-state index contributed by atoms with van der Waals surface area (Å²) < 4.78 is 0. The summed E-state index contributed by atoms with van der Waals surface area (Å²) in [5.74, 6) is 5.62. The van der Waals surface area contributed by atoms with Gasteiger partial charge in [0.1, 0.15) is 12.6 Å². The van der Waals surface area contributed by atoms with E-state index in [2.05, 4.69) is 163 Å². The van der Waals surface area contributed by atoms with Crippen molar-refractivity contribution in [3.63, 3.8) is 0 Å². The predicted octanol–water partition coefficient (Wildman–Crippen LogP) is 17.0. The van der Waals surface area contributed by atoms with Gasteiger partial charge in [-0.1, -0.05) is 207 Å². The molecular weight excluding hydrogens is 887 g/mol. The van der Waals surface area contributed by atoms with Crippen molar-refractivity contribution in [3.8, 4) is 12.3 Å². The topological polar surface area (TPSA) is 111 Å². The Morgan fingerprint density at radius 2 is 1.26 bits per heavy atom. The van der Waals surface area contributed by atoms with E-state index in [4.69, 9.17) is 11.2 Å². The number of carbonyl (C=O) groups is 3. The van der Waals surface area contributed by atoms with E-state index >= 15 is 0 Å². The first-order valence-corrected chi connectivity index (χ1v) is 29.0. The van der Waals surface area contributed by atoms with Gasteiger partial charge in [-0.25, -0.2) is 0 Å². The summed E-state index contributed by atoms with van der Waals surface area (Å²) in [6.45, 7) is 58.1. The maximum absolute atomic E-state index is 12.3. The molecule has 0 aromatic rings. The zero-order valence-corrected chi connectivity index (χ0v) is 52.9. The number of likely N-dealkylation sites (N-methyl/N-ethyl adjacent to an activating group) is 1. The third kappa shape index (κ3) is 46.9. The molecule has 1 aliphatic rings. The summed E-state index contributed by atoms with van der Waals surface area (Å²) >= 11 is 0. The maximum atomic E-state index is 12.3. The lowest BCUT2D eigenvalue weighted by Crippen LogP contribution is -2.52. The molecule has 0 aliphatic heterocycles. The van der Waals surface area contributed by atoms with Gasteiger partial charge in [0.15, 0.2) is 0 Å². The highest BCUT2D eigenvalue weighted by Gasteiger charge is 2.60. The van der Waals surface area contributed by atoms with Gasteiger partial charge in [0.25, 0.3) is 0 Å². The SMILES string of the molecule is C#CCCC(C)NC.C=C(C)CC.C=C(NC(CC(=O)NC)C(C)(C)CCC)NC(CCC)(CCCCC)CCCC(C)(C)C.C=CCNC.C=O.CC.CCCCC.CC[C@H]1[C@@H](C(C)C(C)=O)C1(C)CC. The van der Waals surface area contributed by atoms with Crippen LogP contribution >= 0.6 is 0 Å². The summed E-state index contributed by atoms with van der Waals surface area (Å²) in [4.78, 5) is 31.5. The number of ketones is 1. The third-order valence-electron chi connectivity index (χ3n) is 14.0. The molecule has 0 aromatic carbocycles. The minimum absolute atomic E-state index is 0.00768. The normalized spacial score (nSPS) is 17.1. The highest BCUT2D eigenvalue weighted by atomic mass is 16.1. The average Bonchev–Trinajstić information content (AvgIpc) is 3.96. The van der Waals surface area contributed by atoms with E-state index in [0.29, 0.717) is 35.0 Å². The van der Waals surface area contributed by atoms with Crippen LogP contribution in [0.4, 0.5) is 0 Å². The molecule has 5 unspecified atom stereocenters. The molecular formula is C64H131N5O3. The predicted molar refractivity (Wildman–Crippen MR) is 327 cm³/mol. The molecule has 0 spiro atoms. The molecule has 0 bridgehead atoms. The number of hydrogen-bond donors (Lipinski definition) is 5. The summed E-state index contributed by atoms with van der Waals surface area (Å²) in [6.07, 6.45) is 30.0. The van der Waals surface area contributed by atoms with Crippen molar-refractivity contribution >= 4 is 18.5 Å². The molecule has 0 aromatic heterocycles. The van der Waals surface area contributed by atoms with Gasteiger partial charge in [-0.2, -0.15) is 0 Å². The molecule has 1 fully saturated rings. The average molecular weight is 1020 g/mol. The van der Waals surface area contributed by atoms with Crippen LogP contribution in [-0.2, 0) is 14.4 Å². The van der Waals surface area contributed by atoms with Crippen LogP contribution in [0.3, 0.4) is 0 Å². The second-order valence-electron chi connectivity index (χ2n) is 22.1. The molecule has 1 rings (SSSR count). The number of nitrogens with one attached hydrogen (secondary N) is 5. The zero-order valence-electron chi connectivity index (χ0n) is 52.9. The van der Waals surface area contributed by atoms with E-state index in [1.165, 1.54) is 82.6 Å². The van der Waals surface area contributed by atoms with Crippen molar-refractivity contribution in [1.29, 1.82) is 0 Å². The lowest BCUT2D eigenvalue weighted by atomic mass is 9.78. The van der Waals surface area contributed by atoms with E-state index in [1.807, 2.05) is 47.7 Å². The van der Waals surface area contributed by atoms with E-state index in [9.17, 15) is 9.59 Å². The molecule has 430 valence electrons. The number of carbonyl (C=O) groups excluding carboxylic acids is 3. The van der Waals surface area contributed by atoms with E-state index in [0.717, 1.165) is 63.2 Å². The van der Waals surface area contributed by atoms with Gasteiger partial charge in [-0.05, 0) is 108 Å². The quantitative estimate of drug-likeness (QED) is 0.0277. The zero-order chi connectivity index (χ0) is 58.0. The van der Waals surface area contributed by atoms with Gasteiger partial charge in [0.05, 0.1) is 5.82 Å². The fourth-order valence-electron chi connectivity index (χ4n) is 8.94. The van der Waals surface area contributed by atoms with Crippen molar-refractivity contribution in [3.05, 3.63) is 37.2 Å². The molecule has 5 N–H and O–H groups in total. The highest BCUT2D eigenvalue weighted by Crippen LogP contribution is 2.65. The van der Waals surface area contributed by atoms with E-state index in [1.54, 1.807) is 14.0 Å². The van der Waals surface area contributed by atoms with Gasteiger partial charge in [0, 0.05) is 50.0 Å². The minimum atomic E-state index is 0.00768. The van der Waals surface area contributed by atoms with Crippen molar-refractivity contribution in [2.75, 3.05) is 27.7 Å². The number of amides is 1. The highest BCUT2D eigenvalue weighted by molar-refractivity contribution is 5.79. The molecule has 0 heterocycles. The Hall–Kier alpha value is -2.89. The van der Waals surface area contributed by atoms with Crippen molar-refractivity contribution in [2.45, 2.75) is 285 Å². The Morgan fingerprint density at radius 3 is 1.57 bits per heavy atom. The molecule has 1 amide bonds.